The molecule has 152 valence electrons. The monoisotopic (exact) mass is 423 g/mol. The highest BCUT2D eigenvalue weighted by Crippen LogP contribution is 2.28. The van der Waals surface area contributed by atoms with Crippen molar-refractivity contribution < 1.29 is 14.3 Å². The molecule has 0 saturated carbocycles. The summed E-state index contributed by atoms with van der Waals surface area (Å²) >= 11 is 7.67. The Hall–Kier alpha value is -2.04. The van der Waals surface area contributed by atoms with Crippen LogP contribution in [0.4, 0.5) is 10.1 Å². The smallest absolute Gasteiger partial charge is 0.255 e. The number of amides is 1. The van der Waals surface area contributed by atoms with Gasteiger partial charge in [0.1, 0.15) is 5.82 Å². The van der Waals surface area contributed by atoms with Crippen molar-refractivity contribution in [3.63, 3.8) is 0 Å². The lowest BCUT2D eigenvalue weighted by atomic mass is 10.1. The van der Waals surface area contributed by atoms with E-state index in [0.29, 0.717) is 21.8 Å². The summed E-state index contributed by atoms with van der Waals surface area (Å²) in [5.41, 5.74) is 4.59. The first-order valence-corrected chi connectivity index (χ1v) is 10.0. The fraction of sp³-hybridized carbons (Fsp3) is 0.273. The maximum Gasteiger partial charge on any atom is 0.255 e. The third kappa shape index (κ3) is 8.77. The van der Waals surface area contributed by atoms with E-state index in [1.54, 1.807) is 49.9 Å². The van der Waals surface area contributed by atoms with Crippen LogP contribution in [0.2, 0.25) is 5.02 Å². The Kier molecular flexibility index (Phi) is 13.0. The summed E-state index contributed by atoms with van der Waals surface area (Å²) in [5, 5.41) is 10.9. The van der Waals surface area contributed by atoms with Crippen molar-refractivity contribution in [1.82, 2.24) is 0 Å². The molecule has 0 spiro atoms. The number of hydrogen-bond acceptors (Lipinski definition) is 3. The van der Waals surface area contributed by atoms with Crippen LogP contribution in [0.25, 0.3) is 0 Å². The van der Waals surface area contributed by atoms with Crippen LogP contribution in [0.1, 0.15) is 35.3 Å². The summed E-state index contributed by atoms with van der Waals surface area (Å²) in [6.07, 6.45) is 0. The summed E-state index contributed by atoms with van der Waals surface area (Å²) in [4.78, 5) is 13.2. The van der Waals surface area contributed by atoms with Gasteiger partial charge >= 0.3 is 0 Å². The van der Waals surface area contributed by atoms with E-state index in [9.17, 15) is 9.18 Å². The van der Waals surface area contributed by atoms with Gasteiger partial charge in [0, 0.05) is 22.8 Å². The second-order valence-electron chi connectivity index (χ2n) is 5.50. The van der Waals surface area contributed by atoms with Crippen molar-refractivity contribution in [2.24, 2.45) is 0 Å². The van der Waals surface area contributed by atoms with E-state index >= 15 is 0 Å². The van der Waals surface area contributed by atoms with Crippen LogP contribution in [0, 0.1) is 19.7 Å². The lowest BCUT2D eigenvalue weighted by Crippen LogP contribution is -2.12. The van der Waals surface area contributed by atoms with Gasteiger partial charge in [0.25, 0.3) is 5.91 Å². The van der Waals surface area contributed by atoms with E-state index < -0.39 is 0 Å². The van der Waals surface area contributed by atoms with Crippen LogP contribution in [-0.2, 0) is 0 Å². The quantitative estimate of drug-likeness (QED) is 0.440. The molecular formula is C22H27ClFNO2S. The molecule has 0 fully saturated rings. The van der Waals surface area contributed by atoms with E-state index in [2.05, 4.69) is 24.2 Å². The Bertz CT molecular complexity index is 795. The average molecular weight is 424 g/mol. The van der Waals surface area contributed by atoms with Gasteiger partial charge in [0.05, 0.1) is 5.02 Å². The molecule has 2 aromatic carbocycles. The summed E-state index contributed by atoms with van der Waals surface area (Å²) < 4.78 is 13.7. The second kappa shape index (κ2) is 14.0. The van der Waals surface area contributed by atoms with Crippen LogP contribution < -0.4 is 5.32 Å². The summed E-state index contributed by atoms with van der Waals surface area (Å²) in [7, 11) is 0. The normalized spacial score (nSPS) is 9.25. The zero-order chi connectivity index (χ0) is 21.7. The number of nitrogens with one attached hydrogen (secondary N) is 1. The molecule has 28 heavy (non-hydrogen) atoms. The van der Waals surface area contributed by atoms with Crippen molar-refractivity contribution in [3.05, 3.63) is 76.8 Å². The Morgan fingerprint density at radius 2 is 1.82 bits per heavy atom. The second-order valence-corrected chi connectivity index (χ2v) is 7.21. The summed E-state index contributed by atoms with van der Waals surface area (Å²) in [6.45, 7) is 13.7. The lowest BCUT2D eigenvalue weighted by molar-refractivity contribution is 0.102. The SMILES string of the molecule is C=C=C.CCO.CCSc1cc(C(=O)Nc2cc(C)c(C)c(F)c2)ccc1Cl. The van der Waals surface area contributed by atoms with E-state index in [1.807, 2.05) is 13.8 Å². The highest BCUT2D eigenvalue weighted by atomic mass is 35.5. The molecule has 0 heterocycles. The molecule has 0 saturated heterocycles. The number of benzene rings is 2. The molecule has 0 aliphatic rings. The van der Waals surface area contributed by atoms with Gasteiger partial charge in [0.2, 0.25) is 0 Å². The predicted molar refractivity (Wildman–Crippen MR) is 119 cm³/mol. The van der Waals surface area contributed by atoms with Gasteiger partial charge in [-0.15, -0.1) is 17.5 Å². The van der Waals surface area contributed by atoms with E-state index in [-0.39, 0.29) is 18.3 Å². The van der Waals surface area contributed by atoms with Gasteiger partial charge in [-0.1, -0.05) is 31.7 Å². The molecule has 0 unspecified atom stereocenters. The van der Waals surface area contributed by atoms with Crippen molar-refractivity contribution in [3.8, 4) is 0 Å². The van der Waals surface area contributed by atoms with Crippen LogP contribution in [0.15, 0.2) is 54.1 Å². The molecule has 3 nitrogen and oxygen atoms in total. The Morgan fingerprint density at radius 3 is 2.32 bits per heavy atom. The fourth-order valence-electron chi connectivity index (χ4n) is 2.00. The fourth-order valence-corrected chi connectivity index (χ4v) is 3.01. The highest BCUT2D eigenvalue weighted by molar-refractivity contribution is 7.99. The maximum atomic E-state index is 13.7. The van der Waals surface area contributed by atoms with Gasteiger partial charge in [-0.3, -0.25) is 4.79 Å². The number of aryl methyl sites for hydroxylation is 1. The van der Waals surface area contributed by atoms with Gasteiger partial charge in [-0.05, 0) is 68.0 Å². The number of hydrogen-bond donors (Lipinski definition) is 2. The Labute approximate surface area is 176 Å². The molecule has 2 rings (SSSR count). The molecule has 2 aromatic rings. The zero-order valence-corrected chi connectivity index (χ0v) is 18.3. The minimum atomic E-state index is -0.325. The highest BCUT2D eigenvalue weighted by Gasteiger charge is 2.11. The summed E-state index contributed by atoms with van der Waals surface area (Å²) in [6, 6.07) is 8.21. The average Bonchev–Trinajstić information content (AvgIpc) is 2.63. The van der Waals surface area contributed by atoms with Crippen molar-refractivity contribution >= 4 is 35.0 Å². The molecule has 0 bridgehead atoms. The zero-order valence-electron chi connectivity index (χ0n) is 16.7. The summed E-state index contributed by atoms with van der Waals surface area (Å²) in [5.74, 6) is 0.263. The number of halogens is 2. The first-order chi connectivity index (χ1) is 13.2. The molecule has 0 aromatic heterocycles. The van der Waals surface area contributed by atoms with Gasteiger partial charge < -0.3 is 10.4 Å². The number of carbonyl (C=O) groups excluding carboxylic acids is 1. The Morgan fingerprint density at radius 1 is 1.25 bits per heavy atom. The first-order valence-electron chi connectivity index (χ1n) is 8.66. The Balaban J connectivity index is 0.00000108. The standard InChI is InChI=1S/C17H17ClFNOS.C3H4.C2H6O/c1-4-22-16-8-12(5-6-14(16)18)17(21)20-13-7-10(2)11(3)15(19)9-13;1-3-2;1-2-3/h5-9H,4H2,1-3H3,(H,20,21);1-2H2;3H,2H2,1H3. The van der Waals surface area contributed by atoms with E-state index in [0.717, 1.165) is 16.2 Å². The number of aliphatic hydroxyl groups excluding tert-OH is 1. The number of aliphatic hydroxyl groups is 1. The van der Waals surface area contributed by atoms with Crippen LogP contribution >= 0.6 is 23.4 Å². The van der Waals surface area contributed by atoms with Crippen molar-refractivity contribution in [2.75, 3.05) is 17.7 Å². The predicted octanol–water partition coefficient (Wildman–Crippen LogP) is 6.42. The van der Waals surface area contributed by atoms with Crippen LogP contribution in [0.5, 0.6) is 0 Å². The van der Waals surface area contributed by atoms with E-state index in [4.69, 9.17) is 16.7 Å². The molecule has 0 atom stereocenters. The third-order valence-electron chi connectivity index (χ3n) is 3.36. The maximum absolute atomic E-state index is 13.7. The number of thioether (sulfide) groups is 1. The molecule has 6 heteroatoms. The minimum absolute atomic E-state index is 0.250. The van der Waals surface area contributed by atoms with Crippen molar-refractivity contribution in [1.29, 1.82) is 0 Å². The molecule has 0 aliphatic carbocycles. The molecule has 1 amide bonds. The molecule has 0 radical (unpaired) electrons. The van der Waals surface area contributed by atoms with Crippen molar-refractivity contribution in [2.45, 2.75) is 32.6 Å². The van der Waals surface area contributed by atoms with Gasteiger partial charge in [-0.2, -0.15) is 0 Å². The van der Waals surface area contributed by atoms with Gasteiger partial charge in [-0.25, -0.2) is 4.39 Å². The minimum Gasteiger partial charge on any atom is -0.397 e. The molecule has 2 N–H and O–H groups in total. The van der Waals surface area contributed by atoms with E-state index in [1.165, 1.54) is 6.07 Å². The van der Waals surface area contributed by atoms with Crippen LogP contribution in [-0.4, -0.2) is 23.4 Å². The third-order valence-corrected chi connectivity index (χ3v) is 4.73. The number of anilines is 1. The largest absolute Gasteiger partial charge is 0.397 e. The van der Waals surface area contributed by atoms with Crippen LogP contribution in [0.3, 0.4) is 0 Å². The first kappa shape index (κ1) is 26.0. The number of rotatable bonds is 4. The lowest BCUT2D eigenvalue weighted by Gasteiger charge is -2.10. The molecular weight excluding hydrogens is 397 g/mol. The molecule has 0 aliphatic heterocycles. The number of carbonyl (C=O) groups is 1. The van der Waals surface area contributed by atoms with Gasteiger partial charge in [0.15, 0.2) is 0 Å². The topological polar surface area (TPSA) is 49.3 Å².